The average molecular weight is 734 g/mol. The Balaban J connectivity index is 1.09. The maximum absolute atomic E-state index is 6.73. The number of fused-ring (bicyclic) bond motifs is 6. The van der Waals surface area contributed by atoms with E-state index in [2.05, 4.69) is 146 Å². The van der Waals surface area contributed by atoms with E-state index in [0.29, 0.717) is 17.5 Å². The summed E-state index contributed by atoms with van der Waals surface area (Å²) in [4.78, 5) is 15.2. The van der Waals surface area contributed by atoms with Crippen molar-refractivity contribution in [2.24, 2.45) is 0 Å². The lowest BCUT2D eigenvalue weighted by molar-refractivity contribution is 0.669. The molecule has 0 fully saturated rings. The monoisotopic (exact) mass is 733 g/mol. The van der Waals surface area contributed by atoms with Gasteiger partial charge in [-0.1, -0.05) is 146 Å². The Morgan fingerprint density at radius 2 is 0.929 bits per heavy atom. The number of thiophene rings is 1. The smallest absolute Gasteiger partial charge is 0.167 e. The van der Waals surface area contributed by atoms with Crippen LogP contribution in [0.15, 0.2) is 192 Å². The summed E-state index contributed by atoms with van der Waals surface area (Å²) in [7, 11) is 0. The third-order valence-corrected chi connectivity index (χ3v) is 11.7. The fourth-order valence-electron chi connectivity index (χ4n) is 7.79. The van der Waals surface area contributed by atoms with E-state index < -0.39 is 0 Å². The van der Waals surface area contributed by atoms with Gasteiger partial charge in [0.05, 0.1) is 5.56 Å². The van der Waals surface area contributed by atoms with Gasteiger partial charge in [0.15, 0.2) is 17.5 Å². The summed E-state index contributed by atoms with van der Waals surface area (Å²) in [6.07, 6.45) is 0. The molecular formula is C51H31N3OS. The van der Waals surface area contributed by atoms with E-state index in [0.717, 1.165) is 55.3 Å². The molecule has 0 radical (unpaired) electrons. The number of para-hydroxylation sites is 1. The van der Waals surface area contributed by atoms with Crippen LogP contribution in [0.2, 0.25) is 0 Å². The van der Waals surface area contributed by atoms with Gasteiger partial charge >= 0.3 is 0 Å². The van der Waals surface area contributed by atoms with E-state index in [1.807, 2.05) is 53.8 Å². The van der Waals surface area contributed by atoms with Gasteiger partial charge in [-0.05, 0) is 70.3 Å². The van der Waals surface area contributed by atoms with Crippen molar-refractivity contribution in [1.82, 2.24) is 15.0 Å². The highest BCUT2D eigenvalue weighted by Crippen LogP contribution is 2.44. The number of aromatic nitrogens is 3. The molecule has 0 aliphatic heterocycles. The van der Waals surface area contributed by atoms with Crippen molar-refractivity contribution < 1.29 is 4.42 Å². The minimum absolute atomic E-state index is 0.561. The Labute approximate surface area is 327 Å². The lowest BCUT2D eigenvalue weighted by atomic mass is 9.95. The molecule has 0 aliphatic rings. The molecule has 4 nitrogen and oxygen atoms in total. The van der Waals surface area contributed by atoms with Gasteiger partial charge in [-0.25, -0.2) is 15.0 Å². The van der Waals surface area contributed by atoms with Crippen LogP contribution >= 0.6 is 11.3 Å². The highest BCUT2D eigenvalue weighted by molar-refractivity contribution is 7.26. The summed E-state index contributed by atoms with van der Waals surface area (Å²) in [6.45, 7) is 0. The molecule has 0 amide bonds. The maximum atomic E-state index is 6.73. The normalized spacial score (nSPS) is 11.6. The minimum atomic E-state index is 0.561. The maximum Gasteiger partial charge on any atom is 0.167 e. The fourth-order valence-corrected chi connectivity index (χ4v) is 9.01. The van der Waals surface area contributed by atoms with Gasteiger partial charge in [0.25, 0.3) is 0 Å². The zero-order valence-electron chi connectivity index (χ0n) is 30.1. The summed E-state index contributed by atoms with van der Waals surface area (Å²) >= 11 is 1.85. The predicted octanol–water partition coefficient (Wildman–Crippen LogP) is 14.1. The molecule has 8 aromatic carbocycles. The van der Waals surface area contributed by atoms with Gasteiger partial charge in [0.2, 0.25) is 0 Å². The van der Waals surface area contributed by atoms with Gasteiger partial charge in [0.1, 0.15) is 11.2 Å². The Kier molecular flexibility index (Phi) is 7.64. The first-order valence-electron chi connectivity index (χ1n) is 18.7. The molecule has 0 aliphatic carbocycles. The van der Waals surface area contributed by atoms with Gasteiger partial charge in [0, 0.05) is 47.6 Å². The van der Waals surface area contributed by atoms with Gasteiger partial charge in [-0.3, -0.25) is 0 Å². The van der Waals surface area contributed by atoms with Crippen molar-refractivity contribution in [2.75, 3.05) is 0 Å². The number of rotatable bonds is 6. The van der Waals surface area contributed by atoms with Crippen LogP contribution in [0.25, 0.3) is 110 Å². The molecule has 0 saturated carbocycles. The molecule has 3 aromatic heterocycles. The van der Waals surface area contributed by atoms with Crippen molar-refractivity contribution in [2.45, 2.75) is 0 Å². The summed E-state index contributed by atoms with van der Waals surface area (Å²) < 4.78 is 9.29. The summed E-state index contributed by atoms with van der Waals surface area (Å²) in [5.41, 5.74) is 11.2. The average Bonchev–Trinajstić information content (AvgIpc) is 3.85. The molecule has 262 valence electrons. The topological polar surface area (TPSA) is 51.8 Å². The van der Waals surface area contributed by atoms with Crippen molar-refractivity contribution in [3.05, 3.63) is 188 Å². The predicted molar refractivity (Wildman–Crippen MR) is 233 cm³/mol. The highest BCUT2D eigenvalue weighted by Gasteiger charge is 2.20. The standard InChI is InChI=1S/C51H31N3OS/c1-4-14-32(15-5-1)35-20-12-21-37(28-35)50-52-49(34-18-8-3-9-19-34)53-51(54-50)41-24-13-23-40-43-29-36(26-27-45(43)55-47(40)41)42-30-38(33-16-6-2-7-17-33)31-44-39-22-10-11-25-46(39)56-48(42)44/h1-31H. The van der Waals surface area contributed by atoms with Gasteiger partial charge in [-0.2, -0.15) is 0 Å². The van der Waals surface area contributed by atoms with Crippen LogP contribution < -0.4 is 0 Å². The van der Waals surface area contributed by atoms with Gasteiger partial charge < -0.3 is 4.42 Å². The molecule has 0 bridgehead atoms. The lowest BCUT2D eigenvalue weighted by Crippen LogP contribution is -2.00. The first kappa shape index (κ1) is 32.2. The number of furan rings is 1. The van der Waals surface area contributed by atoms with Crippen LogP contribution in [-0.2, 0) is 0 Å². The molecular weight excluding hydrogens is 703 g/mol. The molecule has 11 rings (SSSR count). The van der Waals surface area contributed by atoms with Crippen molar-refractivity contribution in [1.29, 1.82) is 0 Å². The van der Waals surface area contributed by atoms with Crippen LogP contribution in [0.3, 0.4) is 0 Å². The molecule has 0 saturated heterocycles. The van der Waals surface area contributed by atoms with E-state index in [-0.39, 0.29) is 0 Å². The lowest BCUT2D eigenvalue weighted by Gasteiger charge is -2.10. The molecule has 5 heteroatoms. The molecule has 0 atom stereocenters. The Morgan fingerprint density at radius 1 is 0.339 bits per heavy atom. The van der Waals surface area contributed by atoms with Crippen LogP contribution in [0.5, 0.6) is 0 Å². The third kappa shape index (κ3) is 5.56. The second-order valence-electron chi connectivity index (χ2n) is 14.0. The quantitative estimate of drug-likeness (QED) is 0.171. The minimum Gasteiger partial charge on any atom is -0.455 e. The fraction of sp³-hybridized carbons (Fsp3) is 0. The summed E-state index contributed by atoms with van der Waals surface area (Å²) in [5, 5.41) is 4.62. The molecule has 3 heterocycles. The van der Waals surface area contributed by atoms with Crippen LogP contribution in [0.1, 0.15) is 0 Å². The number of benzene rings is 8. The highest BCUT2D eigenvalue weighted by atomic mass is 32.1. The summed E-state index contributed by atoms with van der Waals surface area (Å²) in [5.74, 6) is 1.77. The Bertz CT molecular complexity index is 3240. The SMILES string of the molecule is c1ccc(-c2cccc(-c3nc(-c4ccccc4)nc(-c4cccc5c4oc4ccc(-c6cc(-c7ccccc7)cc7c6sc6ccccc67)cc45)n3)c2)cc1. The first-order chi connectivity index (χ1) is 27.7. The number of hydrogen-bond acceptors (Lipinski definition) is 5. The second-order valence-corrected chi connectivity index (χ2v) is 15.0. The number of nitrogens with zero attached hydrogens (tertiary/aromatic N) is 3. The molecule has 11 aromatic rings. The Morgan fingerprint density at radius 3 is 1.71 bits per heavy atom. The van der Waals surface area contributed by atoms with Crippen molar-refractivity contribution in [3.63, 3.8) is 0 Å². The van der Waals surface area contributed by atoms with Crippen molar-refractivity contribution in [3.8, 4) is 67.5 Å². The van der Waals surface area contributed by atoms with E-state index >= 15 is 0 Å². The van der Waals surface area contributed by atoms with Crippen LogP contribution in [-0.4, -0.2) is 15.0 Å². The second kappa shape index (κ2) is 13.3. The van der Waals surface area contributed by atoms with Gasteiger partial charge in [-0.15, -0.1) is 11.3 Å². The zero-order valence-corrected chi connectivity index (χ0v) is 30.9. The van der Waals surface area contributed by atoms with E-state index in [4.69, 9.17) is 19.4 Å². The largest absolute Gasteiger partial charge is 0.455 e. The zero-order chi connectivity index (χ0) is 37.0. The van der Waals surface area contributed by atoms with E-state index in [1.54, 1.807) is 0 Å². The molecule has 0 spiro atoms. The molecule has 0 N–H and O–H groups in total. The third-order valence-electron chi connectivity index (χ3n) is 10.5. The molecule has 0 unspecified atom stereocenters. The van der Waals surface area contributed by atoms with E-state index in [9.17, 15) is 0 Å². The number of hydrogen-bond donors (Lipinski definition) is 0. The molecule has 56 heavy (non-hydrogen) atoms. The summed E-state index contributed by atoms with van der Waals surface area (Å²) in [6, 6.07) is 65.7. The first-order valence-corrected chi connectivity index (χ1v) is 19.5. The van der Waals surface area contributed by atoms with Crippen LogP contribution in [0.4, 0.5) is 0 Å². The van der Waals surface area contributed by atoms with Crippen LogP contribution in [0, 0.1) is 0 Å². The van der Waals surface area contributed by atoms with E-state index in [1.165, 1.54) is 36.9 Å². The Hall–Kier alpha value is -7.21. The van der Waals surface area contributed by atoms with Crippen molar-refractivity contribution >= 4 is 53.4 Å².